The minimum absolute atomic E-state index is 0.142. The Morgan fingerprint density at radius 2 is 1.80 bits per heavy atom. The van der Waals surface area contributed by atoms with E-state index in [1.807, 2.05) is 20.9 Å². The lowest BCUT2D eigenvalue weighted by Crippen LogP contribution is -2.00. The van der Waals surface area contributed by atoms with Crippen LogP contribution >= 0.6 is 11.3 Å². The Bertz CT molecular complexity index is 1080. The summed E-state index contributed by atoms with van der Waals surface area (Å²) in [7, 11) is 1.81. The Morgan fingerprint density at radius 3 is 2.32 bits per heavy atom. The average Bonchev–Trinajstić information content (AvgIpc) is 3.06. The van der Waals surface area contributed by atoms with E-state index in [2.05, 4.69) is 22.1 Å². The second kappa shape index (κ2) is 5.93. The van der Waals surface area contributed by atoms with Crippen molar-refractivity contribution in [1.82, 2.24) is 14.5 Å². The maximum Gasteiger partial charge on any atom is 0.180 e. The number of hydrogen-bond acceptors (Lipinski definition) is 7. The SMILES string of the molecule is Cc1nc(N)sc1-c1cc(-c2cc(C#N)n(C)c2C)c(C#N)c(N)n1. The third kappa shape index (κ3) is 2.59. The van der Waals surface area contributed by atoms with Crippen LogP contribution in [0.15, 0.2) is 12.1 Å². The predicted molar refractivity (Wildman–Crippen MR) is 97.5 cm³/mol. The molecule has 7 nitrogen and oxygen atoms in total. The van der Waals surface area contributed by atoms with Crippen molar-refractivity contribution in [3.8, 4) is 33.8 Å². The number of hydrogen-bond donors (Lipinski definition) is 2. The number of anilines is 2. The molecular weight excluding hydrogens is 334 g/mol. The van der Waals surface area contributed by atoms with Crippen molar-refractivity contribution >= 4 is 22.3 Å². The molecule has 0 atom stereocenters. The molecule has 3 aromatic heterocycles. The number of pyridine rings is 1. The molecule has 3 aromatic rings. The molecule has 3 heterocycles. The molecule has 0 saturated carbocycles. The molecule has 0 aromatic carbocycles. The number of nitrogens with two attached hydrogens (primary N) is 2. The number of aromatic nitrogens is 3. The zero-order valence-electron chi connectivity index (χ0n) is 14.0. The van der Waals surface area contributed by atoms with E-state index in [1.165, 1.54) is 11.3 Å². The van der Waals surface area contributed by atoms with Crippen LogP contribution < -0.4 is 11.5 Å². The van der Waals surface area contributed by atoms with Gasteiger partial charge in [-0.15, -0.1) is 0 Å². The Kier molecular flexibility index (Phi) is 3.91. The highest BCUT2D eigenvalue weighted by Gasteiger charge is 2.20. The van der Waals surface area contributed by atoms with Gasteiger partial charge in [-0.3, -0.25) is 0 Å². The third-order valence-corrected chi connectivity index (χ3v) is 5.15. The molecule has 25 heavy (non-hydrogen) atoms. The van der Waals surface area contributed by atoms with Crippen LogP contribution in [-0.2, 0) is 7.05 Å². The fraction of sp³-hybridized carbons (Fsp3) is 0.176. The molecule has 124 valence electrons. The summed E-state index contributed by atoms with van der Waals surface area (Å²) in [5.41, 5.74) is 16.3. The molecule has 0 aliphatic heterocycles. The highest BCUT2D eigenvalue weighted by atomic mass is 32.1. The topological polar surface area (TPSA) is 130 Å². The van der Waals surface area contributed by atoms with Crippen molar-refractivity contribution in [2.75, 3.05) is 11.5 Å². The van der Waals surface area contributed by atoms with E-state index in [1.54, 1.807) is 16.7 Å². The summed E-state index contributed by atoms with van der Waals surface area (Å²) in [4.78, 5) is 9.38. The number of nitrogen functional groups attached to an aromatic ring is 2. The van der Waals surface area contributed by atoms with Crippen LogP contribution in [0.4, 0.5) is 10.9 Å². The van der Waals surface area contributed by atoms with Crippen molar-refractivity contribution in [1.29, 1.82) is 10.5 Å². The smallest absolute Gasteiger partial charge is 0.180 e. The molecule has 0 spiro atoms. The van der Waals surface area contributed by atoms with Crippen LogP contribution in [0, 0.1) is 36.5 Å². The normalized spacial score (nSPS) is 10.4. The van der Waals surface area contributed by atoms with Crippen LogP contribution in [0.25, 0.3) is 21.7 Å². The van der Waals surface area contributed by atoms with E-state index in [0.717, 1.165) is 21.8 Å². The Labute approximate surface area is 148 Å². The number of nitrogens with zero attached hydrogens (tertiary/aromatic N) is 5. The van der Waals surface area contributed by atoms with Gasteiger partial charge >= 0.3 is 0 Å². The van der Waals surface area contributed by atoms with Gasteiger partial charge in [-0.05, 0) is 26.0 Å². The van der Waals surface area contributed by atoms with Crippen LogP contribution in [0.2, 0.25) is 0 Å². The number of aryl methyl sites for hydroxylation is 1. The first-order valence-corrected chi connectivity index (χ1v) is 8.19. The monoisotopic (exact) mass is 349 g/mol. The lowest BCUT2D eigenvalue weighted by Gasteiger charge is -2.09. The van der Waals surface area contributed by atoms with E-state index >= 15 is 0 Å². The summed E-state index contributed by atoms with van der Waals surface area (Å²) < 4.78 is 1.78. The molecule has 0 aliphatic rings. The summed E-state index contributed by atoms with van der Waals surface area (Å²) in [6.07, 6.45) is 0. The molecule has 3 rings (SSSR count). The predicted octanol–water partition coefficient (Wildman–Crippen LogP) is 2.74. The summed E-state index contributed by atoms with van der Waals surface area (Å²) in [5.74, 6) is 0.142. The molecule has 0 amide bonds. The number of rotatable bonds is 2. The fourth-order valence-corrected chi connectivity index (χ4v) is 3.54. The average molecular weight is 349 g/mol. The van der Waals surface area contributed by atoms with Crippen molar-refractivity contribution < 1.29 is 0 Å². The van der Waals surface area contributed by atoms with Gasteiger partial charge in [-0.25, -0.2) is 9.97 Å². The molecule has 0 saturated heterocycles. The first-order chi connectivity index (χ1) is 11.9. The first-order valence-electron chi connectivity index (χ1n) is 7.38. The molecule has 0 radical (unpaired) electrons. The van der Waals surface area contributed by atoms with E-state index < -0.39 is 0 Å². The van der Waals surface area contributed by atoms with Gasteiger partial charge in [-0.2, -0.15) is 10.5 Å². The van der Waals surface area contributed by atoms with E-state index in [4.69, 9.17) is 11.5 Å². The van der Waals surface area contributed by atoms with Gasteiger partial charge in [0.05, 0.1) is 16.3 Å². The fourth-order valence-electron chi connectivity index (χ4n) is 2.75. The van der Waals surface area contributed by atoms with Gasteiger partial charge in [0.1, 0.15) is 29.2 Å². The van der Waals surface area contributed by atoms with E-state index in [9.17, 15) is 10.5 Å². The standard InChI is InChI=1S/C17H15N7S/c1-8-15(25-17(21)22-8)14-5-12(13(7-19)16(20)23-14)11-4-10(6-18)24(3)9(11)2/h4-5H,1-3H3,(H2,20,23)(H2,21,22). The lowest BCUT2D eigenvalue weighted by atomic mass is 10.00. The molecular formula is C17H15N7S. The van der Waals surface area contributed by atoms with Gasteiger partial charge in [0.15, 0.2) is 5.13 Å². The van der Waals surface area contributed by atoms with Crippen LogP contribution in [0.1, 0.15) is 22.6 Å². The number of thiazole rings is 1. The largest absolute Gasteiger partial charge is 0.383 e. The van der Waals surface area contributed by atoms with Crippen molar-refractivity contribution in [2.24, 2.45) is 7.05 Å². The highest BCUT2D eigenvalue weighted by molar-refractivity contribution is 7.18. The third-order valence-electron chi connectivity index (χ3n) is 4.15. The van der Waals surface area contributed by atoms with E-state index in [-0.39, 0.29) is 11.4 Å². The quantitative estimate of drug-likeness (QED) is 0.731. The summed E-state index contributed by atoms with van der Waals surface area (Å²) in [6, 6.07) is 7.82. The van der Waals surface area contributed by atoms with E-state index in [0.29, 0.717) is 22.1 Å². The van der Waals surface area contributed by atoms with Gasteiger partial charge in [0.25, 0.3) is 0 Å². The highest BCUT2D eigenvalue weighted by Crippen LogP contribution is 2.37. The molecule has 8 heteroatoms. The summed E-state index contributed by atoms with van der Waals surface area (Å²) in [6.45, 7) is 3.74. The zero-order chi connectivity index (χ0) is 18.3. The maximum atomic E-state index is 9.53. The number of nitriles is 2. The van der Waals surface area contributed by atoms with Crippen molar-refractivity contribution in [3.63, 3.8) is 0 Å². The molecule has 0 fully saturated rings. The maximum absolute atomic E-state index is 9.53. The summed E-state index contributed by atoms with van der Waals surface area (Å²) in [5, 5.41) is 19.2. The minimum atomic E-state index is 0.142. The Morgan fingerprint density at radius 1 is 1.08 bits per heavy atom. The van der Waals surface area contributed by atoms with Gasteiger partial charge < -0.3 is 16.0 Å². The first kappa shape index (κ1) is 16.5. The molecule has 0 aliphatic carbocycles. The molecule has 0 bridgehead atoms. The van der Waals surface area contributed by atoms with Crippen molar-refractivity contribution in [3.05, 3.63) is 34.8 Å². The Balaban J connectivity index is 2.32. The Hall–Kier alpha value is -3.36. The van der Waals surface area contributed by atoms with Gasteiger partial charge in [-0.1, -0.05) is 11.3 Å². The van der Waals surface area contributed by atoms with Gasteiger partial charge in [0.2, 0.25) is 0 Å². The minimum Gasteiger partial charge on any atom is -0.383 e. The molecule has 0 unspecified atom stereocenters. The van der Waals surface area contributed by atoms with Crippen LogP contribution in [0.3, 0.4) is 0 Å². The van der Waals surface area contributed by atoms with Crippen LogP contribution in [0.5, 0.6) is 0 Å². The zero-order valence-corrected chi connectivity index (χ0v) is 14.8. The van der Waals surface area contributed by atoms with Crippen molar-refractivity contribution in [2.45, 2.75) is 13.8 Å². The van der Waals surface area contributed by atoms with Gasteiger partial charge in [0, 0.05) is 23.9 Å². The van der Waals surface area contributed by atoms with Crippen LogP contribution in [-0.4, -0.2) is 14.5 Å². The second-order valence-electron chi connectivity index (χ2n) is 5.59. The molecule has 4 N–H and O–H groups in total. The summed E-state index contributed by atoms with van der Waals surface area (Å²) >= 11 is 1.32. The lowest BCUT2D eigenvalue weighted by molar-refractivity contribution is 0.867. The second-order valence-corrected chi connectivity index (χ2v) is 6.62.